The zero-order chi connectivity index (χ0) is 36.4. The second kappa shape index (κ2) is 14.6. The molecule has 4 aromatic heterocycles. The number of ether oxygens (including phenoxy) is 1. The third-order valence-corrected chi connectivity index (χ3v) is 9.29. The number of nitrogen functional groups attached to an aromatic ring is 2. The van der Waals surface area contributed by atoms with Crippen molar-refractivity contribution in [3.8, 4) is 5.75 Å². The Balaban J connectivity index is 0.000000162. The molecule has 0 aliphatic carbocycles. The number of fused-ring (bicyclic) bond motifs is 6. The first-order valence-electron chi connectivity index (χ1n) is 17.1. The molecule has 9 nitrogen and oxygen atoms in total. The SMILES string of the molecule is COc1ccc(C(O)Cc2cnc3c(N)nc4cc(C)ccc4c3c2)cc1.Cc1ccc2c(c1)nc(N)c1ncc(CC(O)c3ccccc3)cc12. The van der Waals surface area contributed by atoms with Crippen LogP contribution < -0.4 is 16.2 Å². The van der Waals surface area contributed by atoms with Crippen molar-refractivity contribution < 1.29 is 14.9 Å². The van der Waals surface area contributed by atoms with Gasteiger partial charge in [0.05, 0.1) is 30.4 Å². The summed E-state index contributed by atoms with van der Waals surface area (Å²) >= 11 is 0. The molecule has 6 N–H and O–H groups in total. The average Bonchev–Trinajstić information content (AvgIpc) is 3.15. The summed E-state index contributed by atoms with van der Waals surface area (Å²) in [6.07, 6.45) is 3.31. The molecule has 52 heavy (non-hydrogen) atoms. The molecule has 8 rings (SSSR count). The predicted molar refractivity (Wildman–Crippen MR) is 209 cm³/mol. The maximum atomic E-state index is 10.6. The van der Waals surface area contributed by atoms with Gasteiger partial charge in [0.1, 0.15) is 16.8 Å². The summed E-state index contributed by atoms with van der Waals surface area (Å²) < 4.78 is 5.17. The lowest BCUT2D eigenvalue weighted by molar-refractivity contribution is 0.178. The summed E-state index contributed by atoms with van der Waals surface area (Å²) in [7, 11) is 1.62. The van der Waals surface area contributed by atoms with E-state index in [1.54, 1.807) is 19.5 Å². The normalized spacial score (nSPS) is 12.5. The van der Waals surface area contributed by atoms with E-state index in [4.69, 9.17) is 16.2 Å². The van der Waals surface area contributed by atoms with Crippen LogP contribution in [0.3, 0.4) is 0 Å². The van der Waals surface area contributed by atoms with Crippen LogP contribution in [-0.2, 0) is 12.8 Å². The maximum absolute atomic E-state index is 10.6. The number of anilines is 2. The van der Waals surface area contributed by atoms with Gasteiger partial charge < -0.3 is 26.4 Å². The molecule has 260 valence electrons. The van der Waals surface area contributed by atoms with Gasteiger partial charge in [-0.3, -0.25) is 9.97 Å². The highest BCUT2D eigenvalue weighted by atomic mass is 16.5. The van der Waals surface area contributed by atoms with Gasteiger partial charge in [-0.1, -0.05) is 66.7 Å². The molecule has 0 fully saturated rings. The van der Waals surface area contributed by atoms with Crippen molar-refractivity contribution in [2.24, 2.45) is 0 Å². The Labute approximate surface area is 301 Å². The molecule has 8 aromatic rings. The van der Waals surface area contributed by atoms with Crippen LogP contribution in [-0.4, -0.2) is 37.3 Å². The summed E-state index contributed by atoms with van der Waals surface area (Å²) in [5.41, 5.74) is 21.2. The van der Waals surface area contributed by atoms with Gasteiger partial charge in [0.25, 0.3) is 0 Å². The first-order valence-corrected chi connectivity index (χ1v) is 17.1. The number of hydrogen-bond donors (Lipinski definition) is 4. The highest BCUT2D eigenvalue weighted by Gasteiger charge is 2.14. The fourth-order valence-corrected chi connectivity index (χ4v) is 6.53. The lowest BCUT2D eigenvalue weighted by Gasteiger charge is -2.13. The number of aromatic nitrogens is 4. The van der Waals surface area contributed by atoms with Crippen LogP contribution >= 0.6 is 0 Å². The van der Waals surface area contributed by atoms with Gasteiger partial charge in [-0.15, -0.1) is 0 Å². The third kappa shape index (κ3) is 7.18. The van der Waals surface area contributed by atoms with Crippen LogP contribution in [0.4, 0.5) is 11.6 Å². The zero-order valence-electron chi connectivity index (χ0n) is 29.3. The molecule has 2 unspecified atom stereocenters. The van der Waals surface area contributed by atoms with Crippen molar-refractivity contribution in [3.05, 3.63) is 149 Å². The minimum atomic E-state index is -0.622. The molecule has 0 saturated heterocycles. The number of nitrogens with two attached hydrogens (primary N) is 2. The first kappa shape index (κ1) is 34.3. The van der Waals surface area contributed by atoms with Crippen molar-refractivity contribution in [1.82, 2.24) is 19.9 Å². The Morgan fingerprint density at radius 1 is 0.577 bits per heavy atom. The highest BCUT2D eigenvalue weighted by molar-refractivity contribution is 6.09. The van der Waals surface area contributed by atoms with E-state index in [1.807, 2.05) is 92.7 Å². The third-order valence-electron chi connectivity index (χ3n) is 9.29. The number of hydrogen-bond acceptors (Lipinski definition) is 9. The van der Waals surface area contributed by atoms with Crippen molar-refractivity contribution in [2.45, 2.75) is 38.9 Å². The van der Waals surface area contributed by atoms with Gasteiger partial charge in [-0.2, -0.15) is 0 Å². The molecule has 0 aliphatic heterocycles. The molecule has 0 radical (unpaired) electrons. The minimum Gasteiger partial charge on any atom is -0.497 e. The Bertz CT molecular complexity index is 2540. The van der Waals surface area contributed by atoms with Crippen LogP contribution in [0.2, 0.25) is 0 Å². The minimum absolute atomic E-state index is 0.422. The van der Waals surface area contributed by atoms with E-state index < -0.39 is 12.2 Å². The smallest absolute Gasteiger partial charge is 0.150 e. The predicted octanol–water partition coefficient (Wildman–Crippen LogP) is 7.91. The van der Waals surface area contributed by atoms with Gasteiger partial charge in [-0.05, 0) is 83.6 Å². The van der Waals surface area contributed by atoms with Gasteiger partial charge in [0.15, 0.2) is 11.6 Å². The number of aryl methyl sites for hydroxylation is 2. The molecule has 0 spiro atoms. The van der Waals surface area contributed by atoms with E-state index in [0.717, 1.165) is 71.7 Å². The maximum Gasteiger partial charge on any atom is 0.150 e. The molecule has 0 amide bonds. The largest absolute Gasteiger partial charge is 0.497 e. The highest BCUT2D eigenvalue weighted by Crippen LogP contribution is 2.31. The number of nitrogens with zero attached hydrogens (tertiary/aromatic N) is 4. The van der Waals surface area contributed by atoms with Gasteiger partial charge in [0.2, 0.25) is 0 Å². The number of benzene rings is 4. The summed E-state index contributed by atoms with van der Waals surface area (Å²) in [5.74, 6) is 1.62. The van der Waals surface area contributed by atoms with Crippen LogP contribution in [0, 0.1) is 13.8 Å². The second-order valence-corrected chi connectivity index (χ2v) is 13.1. The van der Waals surface area contributed by atoms with Crippen LogP contribution in [0.1, 0.15) is 45.6 Å². The molecule has 0 saturated carbocycles. The fraction of sp³-hybridized carbons (Fsp3) is 0.163. The quantitative estimate of drug-likeness (QED) is 0.122. The van der Waals surface area contributed by atoms with Crippen molar-refractivity contribution in [1.29, 1.82) is 0 Å². The van der Waals surface area contributed by atoms with Crippen LogP contribution in [0.25, 0.3) is 43.6 Å². The van der Waals surface area contributed by atoms with E-state index in [0.29, 0.717) is 35.5 Å². The van der Waals surface area contributed by atoms with Gasteiger partial charge >= 0.3 is 0 Å². The van der Waals surface area contributed by atoms with Crippen molar-refractivity contribution in [2.75, 3.05) is 18.6 Å². The van der Waals surface area contributed by atoms with E-state index >= 15 is 0 Å². The number of pyridine rings is 4. The van der Waals surface area contributed by atoms with E-state index in [-0.39, 0.29) is 0 Å². The lowest BCUT2D eigenvalue weighted by Crippen LogP contribution is -2.03. The zero-order valence-corrected chi connectivity index (χ0v) is 29.3. The van der Waals surface area contributed by atoms with Crippen LogP contribution in [0.5, 0.6) is 5.75 Å². The van der Waals surface area contributed by atoms with Crippen molar-refractivity contribution in [3.63, 3.8) is 0 Å². The molecule has 4 aromatic carbocycles. The topological polar surface area (TPSA) is 153 Å². The Morgan fingerprint density at radius 2 is 1.04 bits per heavy atom. The standard InChI is InChI=1S/C22H21N3O2.C21H19N3O/c1-13-3-8-17-18-10-14(12-24-21(18)22(23)25-19(17)9-13)11-20(26)15-4-6-16(27-2)7-5-15;1-13-7-8-16-17-10-14(11-19(25)15-5-3-2-4-6-15)12-23-20(17)21(22)24-18(16)9-13/h3-10,12,20,26H,11H2,1-2H3,(H2,23,25);2-10,12,19,25H,11H2,1H3,(H2,22,24). The number of methoxy groups -OCH3 is 1. The van der Waals surface area contributed by atoms with Gasteiger partial charge in [0, 0.05) is 46.8 Å². The summed E-state index contributed by atoms with van der Waals surface area (Å²) in [4.78, 5) is 18.0. The monoisotopic (exact) mass is 688 g/mol. The first-order chi connectivity index (χ1) is 25.2. The molecule has 2 atom stereocenters. The van der Waals surface area contributed by atoms with Gasteiger partial charge in [-0.25, -0.2) is 9.97 Å². The van der Waals surface area contributed by atoms with Crippen molar-refractivity contribution >= 4 is 55.2 Å². The Hall–Kier alpha value is -6.16. The molecular formula is C43H40N6O3. The fourth-order valence-electron chi connectivity index (χ4n) is 6.53. The average molecular weight is 689 g/mol. The molecular weight excluding hydrogens is 649 g/mol. The molecule has 0 aliphatic rings. The Morgan fingerprint density at radius 3 is 1.50 bits per heavy atom. The van der Waals surface area contributed by atoms with Crippen LogP contribution in [0.15, 0.2) is 116 Å². The summed E-state index contributed by atoms with van der Waals surface area (Å²) in [6.45, 7) is 4.06. The second-order valence-electron chi connectivity index (χ2n) is 13.1. The molecule has 0 bridgehead atoms. The van der Waals surface area contributed by atoms with E-state index in [2.05, 4.69) is 44.2 Å². The summed E-state index contributed by atoms with van der Waals surface area (Å²) in [6, 6.07) is 33.5. The Kier molecular flexibility index (Phi) is 9.63. The molecule has 9 heteroatoms. The number of aliphatic hydroxyl groups is 2. The van der Waals surface area contributed by atoms with E-state index in [9.17, 15) is 10.2 Å². The molecule has 4 heterocycles. The summed E-state index contributed by atoms with van der Waals surface area (Å²) in [5, 5.41) is 25.1. The lowest BCUT2D eigenvalue weighted by atomic mass is 10.00. The van der Waals surface area contributed by atoms with E-state index in [1.165, 1.54) is 0 Å². The number of rotatable bonds is 7. The number of aliphatic hydroxyl groups excluding tert-OH is 2.